The minimum Gasteiger partial charge on any atom is -0.349 e. The molecule has 38 heavy (non-hydrogen) atoms. The Labute approximate surface area is 221 Å². The van der Waals surface area contributed by atoms with Crippen molar-refractivity contribution in [3.05, 3.63) is 64.7 Å². The molecule has 1 aliphatic heterocycles. The molecule has 10 heteroatoms. The van der Waals surface area contributed by atoms with Gasteiger partial charge in [0.05, 0.1) is 17.2 Å². The van der Waals surface area contributed by atoms with Gasteiger partial charge in [-0.25, -0.2) is 14.4 Å². The molecule has 2 aliphatic rings. The van der Waals surface area contributed by atoms with E-state index in [9.17, 15) is 14.4 Å². The molecule has 1 amide bonds. The number of amides is 1. The van der Waals surface area contributed by atoms with Gasteiger partial charge in [-0.1, -0.05) is 19.9 Å². The van der Waals surface area contributed by atoms with Crippen LogP contribution < -0.4 is 21.3 Å². The second-order valence-electron chi connectivity index (χ2n) is 11.1. The van der Waals surface area contributed by atoms with Gasteiger partial charge in [-0.15, -0.1) is 0 Å². The van der Waals surface area contributed by atoms with Crippen LogP contribution in [0.15, 0.2) is 36.5 Å². The summed E-state index contributed by atoms with van der Waals surface area (Å²) in [4.78, 5) is 26.2. The maximum atomic E-state index is 14.8. The summed E-state index contributed by atoms with van der Waals surface area (Å²) in [5.41, 5.74) is 2.95. The Morgan fingerprint density at radius 1 is 1.16 bits per heavy atom. The van der Waals surface area contributed by atoms with Gasteiger partial charge in [0, 0.05) is 36.4 Å². The number of anilines is 4. The smallest absolute Gasteiger partial charge is 0.256 e. The van der Waals surface area contributed by atoms with Gasteiger partial charge in [0.25, 0.3) is 5.91 Å². The standard InChI is InChI=1S/C28H31FN8O/c1-27(2,14-30)22-10-9-21(29)24(35-22)36-23-19(25(38)33-17-5-6-17)13-32-26(37-23)34-18-7-8-20-16(11-18)12-31-15-28(20,3)4/h7-11,13,17,31H,5-6,12,15H2,1-4H3,(H,33,38)(H2,32,34,35,36,37). The number of aromatic nitrogens is 3. The number of carbonyl (C=O) groups excluding carboxylic acids is 1. The molecule has 1 aromatic carbocycles. The van der Waals surface area contributed by atoms with Crippen molar-refractivity contribution in [1.29, 1.82) is 5.26 Å². The molecular formula is C28H31FN8O. The van der Waals surface area contributed by atoms with E-state index in [1.54, 1.807) is 13.8 Å². The van der Waals surface area contributed by atoms with Crippen molar-refractivity contribution >= 4 is 29.2 Å². The van der Waals surface area contributed by atoms with Crippen LogP contribution in [-0.2, 0) is 17.4 Å². The first-order chi connectivity index (χ1) is 18.1. The Bertz CT molecular complexity index is 1440. The maximum Gasteiger partial charge on any atom is 0.256 e. The van der Waals surface area contributed by atoms with Gasteiger partial charge >= 0.3 is 0 Å². The molecule has 5 rings (SSSR count). The number of hydrogen-bond donors (Lipinski definition) is 4. The molecule has 4 N–H and O–H groups in total. The second-order valence-corrected chi connectivity index (χ2v) is 11.1. The molecule has 3 heterocycles. The average molecular weight is 515 g/mol. The highest BCUT2D eigenvalue weighted by molar-refractivity contribution is 5.99. The van der Waals surface area contributed by atoms with Crippen LogP contribution in [0.5, 0.6) is 0 Å². The number of carbonyl (C=O) groups is 1. The Kier molecular flexibility index (Phi) is 6.49. The fourth-order valence-electron chi connectivity index (χ4n) is 4.45. The molecule has 9 nitrogen and oxygen atoms in total. The molecule has 3 aromatic rings. The lowest BCUT2D eigenvalue weighted by molar-refractivity contribution is 0.0951. The summed E-state index contributed by atoms with van der Waals surface area (Å²) in [6.07, 6.45) is 3.25. The van der Waals surface area contributed by atoms with Crippen molar-refractivity contribution in [1.82, 2.24) is 25.6 Å². The van der Waals surface area contributed by atoms with E-state index in [0.29, 0.717) is 5.69 Å². The minimum atomic E-state index is -0.926. The van der Waals surface area contributed by atoms with Crippen LogP contribution in [0.2, 0.25) is 0 Å². The third kappa shape index (κ3) is 5.29. The van der Waals surface area contributed by atoms with Crippen LogP contribution in [0.4, 0.5) is 27.7 Å². The lowest BCUT2D eigenvalue weighted by Gasteiger charge is -2.33. The summed E-state index contributed by atoms with van der Waals surface area (Å²) in [5, 5.41) is 22.0. The number of nitrogens with one attached hydrogen (secondary N) is 4. The number of nitrogens with zero attached hydrogens (tertiary/aromatic N) is 4. The SMILES string of the molecule is CC(C)(C#N)c1ccc(F)c(Nc2nc(Nc3ccc4c(c3)CNCC4(C)C)ncc2C(=O)NC2CC2)n1. The first kappa shape index (κ1) is 25.5. The number of pyridine rings is 1. The minimum absolute atomic E-state index is 0.0298. The summed E-state index contributed by atoms with van der Waals surface area (Å²) in [6.45, 7) is 9.49. The lowest BCUT2D eigenvalue weighted by Crippen LogP contribution is -2.38. The largest absolute Gasteiger partial charge is 0.349 e. The van der Waals surface area contributed by atoms with E-state index in [1.165, 1.54) is 29.5 Å². The molecule has 1 aliphatic carbocycles. The summed E-state index contributed by atoms with van der Waals surface area (Å²) < 4.78 is 14.8. The van der Waals surface area contributed by atoms with E-state index < -0.39 is 11.2 Å². The van der Waals surface area contributed by atoms with Gasteiger partial charge in [0.2, 0.25) is 5.95 Å². The average Bonchev–Trinajstić information content (AvgIpc) is 3.69. The van der Waals surface area contributed by atoms with E-state index in [4.69, 9.17) is 0 Å². The molecule has 0 atom stereocenters. The molecule has 0 unspecified atom stereocenters. The first-order valence-electron chi connectivity index (χ1n) is 12.7. The first-order valence-corrected chi connectivity index (χ1v) is 12.7. The van der Waals surface area contributed by atoms with Gasteiger partial charge in [-0.2, -0.15) is 10.2 Å². The molecule has 196 valence electrons. The number of fused-ring (bicyclic) bond motifs is 1. The van der Waals surface area contributed by atoms with Crippen molar-refractivity contribution in [2.45, 2.75) is 64.0 Å². The Hall–Kier alpha value is -4.10. The van der Waals surface area contributed by atoms with Gasteiger partial charge in [0.1, 0.15) is 11.4 Å². The zero-order valence-corrected chi connectivity index (χ0v) is 21.9. The van der Waals surface area contributed by atoms with Crippen LogP contribution in [0.25, 0.3) is 0 Å². The third-order valence-corrected chi connectivity index (χ3v) is 6.92. The van der Waals surface area contributed by atoms with E-state index in [2.05, 4.69) is 68.3 Å². The molecule has 0 bridgehead atoms. The summed E-state index contributed by atoms with van der Waals surface area (Å²) in [5.74, 6) is -0.753. The van der Waals surface area contributed by atoms with E-state index in [1.807, 2.05) is 6.07 Å². The second kappa shape index (κ2) is 9.65. The van der Waals surface area contributed by atoms with Crippen molar-refractivity contribution in [2.75, 3.05) is 17.2 Å². The molecule has 0 spiro atoms. The quantitative estimate of drug-likeness (QED) is 0.361. The van der Waals surface area contributed by atoms with Crippen LogP contribution in [-0.4, -0.2) is 33.4 Å². The highest BCUT2D eigenvalue weighted by Gasteiger charge is 2.28. The predicted octanol–water partition coefficient (Wildman–Crippen LogP) is 4.57. The number of nitriles is 1. The number of halogens is 1. The normalized spacial score (nSPS) is 16.2. The van der Waals surface area contributed by atoms with Crippen molar-refractivity contribution < 1.29 is 9.18 Å². The van der Waals surface area contributed by atoms with Gasteiger partial charge in [0.15, 0.2) is 11.6 Å². The molecule has 1 saturated carbocycles. The number of benzene rings is 1. The van der Waals surface area contributed by atoms with E-state index >= 15 is 0 Å². The van der Waals surface area contributed by atoms with E-state index in [0.717, 1.165) is 31.6 Å². The van der Waals surface area contributed by atoms with Crippen LogP contribution in [0, 0.1) is 17.1 Å². The Balaban J connectivity index is 1.48. The zero-order chi connectivity index (χ0) is 27.1. The molecule has 1 fully saturated rings. The van der Waals surface area contributed by atoms with Gasteiger partial charge in [-0.05, 0) is 62.1 Å². The number of rotatable bonds is 7. The fraction of sp³-hybridized carbons (Fsp3) is 0.393. The van der Waals surface area contributed by atoms with Crippen LogP contribution >= 0.6 is 0 Å². The summed E-state index contributed by atoms with van der Waals surface area (Å²) in [7, 11) is 0. The van der Waals surface area contributed by atoms with Crippen molar-refractivity contribution in [3.8, 4) is 6.07 Å². The van der Waals surface area contributed by atoms with Gasteiger partial charge < -0.3 is 21.3 Å². The molecule has 2 aromatic heterocycles. The Morgan fingerprint density at radius 2 is 1.95 bits per heavy atom. The molecular weight excluding hydrogens is 483 g/mol. The molecule has 0 saturated heterocycles. The van der Waals surface area contributed by atoms with Crippen molar-refractivity contribution in [2.24, 2.45) is 0 Å². The van der Waals surface area contributed by atoms with Crippen LogP contribution in [0.3, 0.4) is 0 Å². The summed E-state index contributed by atoms with van der Waals surface area (Å²) >= 11 is 0. The zero-order valence-electron chi connectivity index (χ0n) is 21.9. The molecule has 0 radical (unpaired) electrons. The maximum absolute atomic E-state index is 14.8. The lowest BCUT2D eigenvalue weighted by atomic mass is 9.79. The van der Waals surface area contributed by atoms with Crippen LogP contribution in [0.1, 0.15) is 67.7 Å². The number of hydrogen-bond acceptors (Lipinski definition) is 8. The monoisotopic (exact) mass is 514 g/mol. The van der Waals surface area contributed by atoms with E-state index in [-0.39, 0.29) is 40.5 Å². The highest BCUT2D eigenvalue weighted by Crippen LogP contribution is 2.32. The topological polar surface area (TPSA) is 128 Å². The fourth-order valence-corrected chi connectivity index (χ4v) is 4.45. The summed E-state index contributed by atoms with van der Waals surface area (Å²) in [6, 6.07) is 11.2. The third-order valence-electron chi connectivity index (χ3n) is 6.92. The van der Waals surface area contributed by atoms with Gasteiger partial charge in [-0.3, -0.25) is 4.79 Å². The Morgan fingerprint density at radius 3 is 2.68 bits per heavy atom. The highest BCUT2D eigenvalue weighted by atomic mass is 19.1. The van der Waals surface area contributed by atoms with Crippen molar-refractivity contribution in [3.63, 3.8) is 0 Å². The predicted molar refractivity (Wildman–Crippen MR) is 143 cm³/mol.